The second-order valence-electron chi connectivity index (χ2n) is 6.22. The molecule has 4 rings (SSSR count). The van der Waals surface area contributed by atoms with E-state index in [1.54, 1.807) is 7.11 Å². The lowest BCUT2D eigenvalue weighted by molar-refractivity contribution is -0.136. The van der Waals surface area contributed by atoms with E-state index in [1.165, 1.54) is 11.3 Å². The largest absolute Gasteiger partial charge is 0.481 e. The van der Waals surface area contributed by atoms with Crippen molar-refractivity contribution in [1.29, 1.82) is 0 Å². The molecule has 28 heavy (non-hydrogen) atoms. The van der Waals surface area contributed by atoms with E-state index in [9.17, 15) is 4.79 Å². The molecule has 0 saturated heterocycles. The Morgan fingerprint density at radius 1 is 1.25 bits per heavy atom. The van der Waals surface area contributed by atoms with Crippen molar-refractivity contribution in [3.05, 3.63) is 52.5 Å². The van der Waals surface area contributed by atoms with E-state index in [4.69, 9.17) is 21.4 Å². The number of rotatable bonds is 6. The van der Waals surface area contributed by atoms with Gasteiger partial charge < -0.3 is 9.84 Å². The van der Waals surface area contributed by atoms with E-state index in [0.29, 0.717) is 16.6 Å². The summed E-state index contributed by atoms with van der Waals surface area (Å²) in [5.74, 6) is -0.848. The van der Waals surface area contributed by atoms with Crippen LogP contribution in [-0.2, 0) is 11.2 Å². The van der Waals surface area contributed by atoms with Crippen molar-refractivity contribution in [2.45, 2.75) is 12.8 Å². The minimum Gasteiger partial charge on any atom is -0.481 e. The Morgan fingerprint density at radius 2 is 2.00 bits per heavy atom. The molecule has 0 amide bonds. The van der Waals surface area contributed by atoms with Gasteiger partial charge in [-0.25, -0.2) is 4.98 Å². The van der Waals surface area contributed by atoms with Gasteiger partial charge in [0.25, 0.3) is 5.19 Å². The summed E-state index contributed by atoms with van der Waals surface area (Å²) in [6.45, 7) is 0. The van der Waals surface area contributed by atoms with Gasteiger partial charge in [0.05, 0.1) is 35.5 Å². The molecule has 0 bridgehead atoms. The van der Waals surface area contributed by atoms with E-state index in [0.717, 1.165) is 39.0 Å². The highest BCUT2D eigenvalue weighted by molar-refractivity contribution is 7.11. The molecule has 142 valence electrons. The topological polar surface area (TPSA) is 88.1 Å². The van der Waals surface area contributed by atoms with Crippen LogP contribution in [0.25, 0.3) is 33.3 Å². The van der Waals surface area contributed by atoms with Crippen molar-refractivity contribution in [3.63, 3.8) is 0 Å². The molecule has 0 atom stereocenters. The first-order valence-corrected chi connectivity index (χ1v) is 9.79. The molecule has 8 heteroatoms. The smallest absolute Gasteiger partial charge is 0.303 e. The molecule has 6 nitrogen and oxygen atoms in total. The maximum absolute atomic E-state index is 10.9. The number of hydrogen-bond donors (Lipinski definition) is 2. The number of nitrogens with one attached hydrogen (secondary N) is 1. The van der Waals surface area contributed by atoms with Gasteiger partial charge in [-0.1, -0.05) is 47.2 Å². The fourth-order valence-corrected chi connectivity index (χ4v) is 3.96. The number of aromatic amines is 1. The maximum Gasteiger partial charge on any atom is 0.303 e. The summed E-state index contributed by atoms with van der Waals surface area (Å²) >= 11 is 7.94. The molecule has 4 aromatic rings. The van der Waals surface area contributed by atoms with Crippen LogP contribution >= 0.6 is 22.9 Å². The Balaban J connectivity index is 1.68. The average molecular weight is 414 g/mol. The number of carboxylic acids is 1. The van der Waals surface area contributed by atoms with Crippen molar-refractivity contribution >= 4 is 39.8 Å². The number of aryl methyl sites for hydroxylation is 1. The molecule has 0 saturated carbocycles. The number of thiazole rings is 1. The fraction of sp³-hybridized carbons (Fsp3) is 0.150. The molecule has 0 unspecified atom stereocenters. The number of aliphatic carboxylic acids is 1. The third-order valence-electron chi connectivity index (χ3n) is 4.45. The molecule has 0 spiro atoms. The molecular weight excluding hydrogens is 398 g/mol. The third kappa shape index (κ3) is 3.58. The van der Waals surface area contributed by atoms with Gasteiger partial charge in [-0.05, 0) is 17.7 Å². The lowest BCUT2D eigenvalue weighted by atomic mass is 10.0. The summed E-state index contributed by atoms with van der Waals surface area (Å²) in [6.07, 6.45) is 0.394. The van der Waals surface area contributed by atoms with Gasteiger partial charge in [0.1, 0.15) is 0 Å². The molecule has 0 aliphatic heterocycles. The summed E-state index contributed by atoms with van der Waals surface area (Å²) in [5.41, 5.74) is 5.20. The van der Waals surface area contributed by atoms with E-state index in [2.05, 4.69) is 15.2 Å². The average Bonchev–Trinajstić information content (AvgIpc) is 3.32. The summed E-state index contributed by atoms with van der Waals surface area (Å²) in [7, 11) is 1.60. The number of aromatic nitrogens is 3. The molecule has 2 heterocycles. The number of halogens is 1. The zero-order chi connectivity index (χ0) is 19.7. The van der Waals surface area contributed by atoms with Gasteiger partial charge in [0.15, 0.2) is 0 Å². The van der Waals surface area contributed by atoms with Crippen molar-refractivity contribution in [3.8, 4) is 27.6 Å². The summed E-state index contributed by atoms with van der Waals surface area (Å²) in [4.78, 5) is 15.3. The van der Waals surface area contributed by atoms with Crippen molar-refractivity contribution < 1.29 is 14.6 Å². The monoisotopic (exact) mass is 413 g/mol. The maximum atomic E-state index is 10.9. The van der Waals surface area contributed by atoms with Crippen LogP contribution in [0.1, 0.15) is 12.1 Å². The Kier molecular flexibility index (Phi) is 5.02. The molecule has 0 radical (unpaired) electrons. The molecule has 0 aliphatic rings. The molecule has 2 aromatic carbocycles. The van der Waals surface area contributed by atoms with E-state index in [-0.39, 0.29) is 6.42 Å². The summed E-state index contributed by atoms with van der Waals surface area (Å²) in [5, 5.41) is 20.2. The fourth-order valence-electron chi connectivity index (χ4n) is 3.03. The number of carboxylic acid groups (broad SMARTS) is 1. The van der Waals surface area contributed by atoms with Gasteiger partial charge in [-0.15, -0.1) is 0 Å². The number of ether oxygens (including phenoxy) is 1. The lowest BCUT2D eigenvalue weighted by Crippen LogP contribution is -1.98. The summed E-state index contributed by atoms with van der Waals surface area (Å²) < 4.78 is 5.15. The van der Waals surface area contributed by atoms with Crippen LogP contribution in [0, 0.1) is 0 Å². The van der Waals surface area contributed by atoms with Crippen molar-refractivity contribution in [2.75, 3.05) is 7.11 Å². The standard InChI is InChI=1S/C20H16ClN3O3S/c1-27-20-22-18(10-28-20)12-4-2-11(3-5-12)13-8-14-16(6-7-19(25)26)23-24-17(14)9-15(13)21/h2-5,8-10H,6-7H2,1H3,(H,23,24)(H,25,26). The van der Waals surface area contributed by atoms with Gasteiger partial charge in [0, 0.05) is 28.3 Å². The zero-order valence-corrected chi connectivity index (χ0v) is 16.5. The first-order chi connectivity index (χ1) is 13.5. The lowest BCUT2D eigenvalue weighted by Gasteiger charge is -2.07. The SMILES string of the molecule is COc1nc(-c2ccc(-c3cc4c(CCC(=O)O)n[nH]c4cc3Cl)cc2)cs1. The Labute approximate surface area is 169 Å². The molecule has 0 aliphatic carbocycles. The van der Waals surface area contributed by atoms with Gasteiger partial charge in [-0.3, -0.25) is 9.89 Å². The van der Waals surface area contributed by atoms with Crippen LogP contribution in [-0.4, -0.2) is 33.4 Å². The number of fused-ring (bicyclic) bond motifs is 1. The van der Waals surface area contributed by atoms with Crippen LogP contribution in [0.4, 0.5) is 0 Å². The van der Waals surface area contributed by atoms with Crippen LogP contribution < -0.4 is 4.74 Å². The van der Waals surface area contributed by atoms with E-state index >= 15 is 0 Å². The Hall–Kier alpha value is -2.90. The number of hydrogen-bond acceptors (Lipinski definition) is 5. The minimum absolute atomic E-state index is 0.0315. The van der Waals surface area contributed by atoms with Gasteiger partial charge >= 0.3 is 5.97 Å². The molecule has 0 fully saturated rings. The van der Waals surface area contributed by atoms with Crippen LogP contribution in [0.2, 0.25) is 5.02 Å². The van der Waals surface area contributed by atoms with E-state index < -0.39 is 5.97 Å². The first-order valence-electron chi connectivity index (χ1n) is 8.54. The normalized spacial score (nSPS) is 11.1. The number of benzene rings is 2. The number of carbonyl (C=O) groups is 1. The predicted molar refractivity (Wildman–Crippen MR) is 110 cm³/mol. The van der Waals surface area contributed by atoms with Crippen molar-refractivity contribution in [1.82, 2.24) is 15.2 Å². The number of methoxy groups -OCH3 is 1. The highest BCUT2D eigenvalue weighted by atomic mass is 35.5. The predicted octanol–water partition coefficient (Wildman–Crippen LogP) is 5.03. The van der Waals surface area contributed by atoms with Crippen molar-refractivity contribution in [2.24, 2.45) is 0 Å². The first kappa shape index (κ1) is 18.5. The Bertz CT molecular complexity index is 1150. The third-order valence-corrected chi connectivity index (χ3v) is 5.57. The highest BCUT2D eigenvalue weighted by Crippen LogP contribution is 2.34. The highest BCUT2D eigenvalue weighted by Gasteiger charge is 2.13. The Morgan fingerprint density at radius 3 is 2.68 bits per heavy atom. The molecule has 2 N–H and O–H groups in total. The number of H-pyrrole nitrogens is 1. The van der Waals surface area contributed by atoms with Gasteiger partial charge in [-0.2, -0.15) is 5.10 Å². The van der Waals surface area contributed by atoms with Crippen LogP contribution in [0.15, 0.2) is 41.8 Å². The molecular formula is C20H16ClN3O3S. The molecule has 2 aromatic heterocycles. The minimum atomic E-state index is -0.848. The second kappa shape index (κ2) is 7.61. The van der Waals surface area contributed by atoms with Crippen LogP contribution in [0.3, 0.4) is 0 Å². The van der Waals surface area contributed by atoms with E-state index in [1.807, 2.05) is 41.8 Å². The van der Waals surface area contributed by atoms with Crippen LogP contribution in [0.5, 0.6) is 5.19 Å². The zero-order valence-electron chi connectivity index (χ0n) is 14.9. The second-order valence-corrected chi connectivity index (χ2v) is 7.45. The number of nitrogens with zero attached hydrogens (tertiary/aromatic N) is 2. The summed E-state index contributed by atoms with van der Waals surface area (Å²) in [6, 6.07) is 11.7. The quantitative estimate of drug-likeness (QED) is 0.462. The van der Waals surface area contributed by atoms with Gasteiger partial charge in [0.2, 0.25) is 0 Å².